The molecule has 0 unspecified atom stereocenters. The van der Waals surface area contributed by atoms with Crippen molar-refractivity contribution in [1.29, 1.82) is 0 Å². The Kier molecular flexibility index (Phi) is 1.42. The van der Waals surface area contributed by atoms with Gasteiger partial charge in [0.05, 0.1) is 6.20 Å². The lowest BCUT2D eigenvalue weighted by atomic mass is 10.1. The summed E-state index contributed by atoms with van der Waals surface area (Å²) >= 11 is 0. The van der Waals surface area contributed by atoms with Gasteiger partial charge in [0.15, 0.2) is 0 Å². The summed E-state index contributed by atoms with van der Waals surface area (Å²) in [6.07, 6.45) is 4.96. The van der Waals surface area contributed by atoms with Crippen LogP contribution in [0.15, 0.2) is 27.6 Å². The van der Waals surface area contributed by atoms with Crippen LogP contribution in [0.3, 0.4) is 0 Å². The van der Waals surface area contributed by atoms with E-state index in [4.69, 9.17) is 0 Å². The predicted molar refractivity (Wildman–Crippen MR) is 36.6 cm³/mol. The van der Waals surface area contributed by atoms with Crippen LogP contribution >= 0.6 is 0 Å². The molecule has 0 bridgehead atoms. The first-order valence-corrected chi connectivity index (χ1v) is 2.82. The fraction of sp³-hybridized carbons (Fsp3) is 0.500. The summed E-state index contributed by atoms with van der Waals surface area (Å²) in [5.41, 5.74) is -0.233. The average molecular weight is 123 g/mol. The van der Waals surface area contributed by atoms with E-state index in [1.165, 1.54) is 0 Å². The highest BCUT2D eigenvalue weighted by Gasteiger charge is 2.12. The van der Waals surface area contributed by atoms with Crippen molar-refractivity contribution in [1.82, 2.24) is 0 Å². The monoisotopic (exact) mass is 123 g/mol. The summed E-state index contributed by atoms with van der Waals surface area (Å²) in [7, 11) is 0. The van der Waals surface area contributed by atoms with Gasteiger partial charge in [0.2, 0.25) is 0 Å². The predicted octanol–water partition coefficient (Wildman–Crippen LogP) is 1.77. The molecule has 0 N–H and O–H groups in total. The highest BCUT2D eigenvalue weighted by atomic mass is 15.1. The summed E-state index contributed by atoms with van der Waals surface area (Å²) in [6.45, 7) is 3.90. The van der Waals surface area contributed by atoms with Crippen molar-refractivity contribution < 1.29 is 0 Å². The topological polar surface area (TPSA) is 37.1 Å². The van der Waals surface area contributed by atoms with Crippen LogP contribution in [0.2, 0.25) is 0 Å². The summed E-state index contributed by atoms with van der Waals surface area (Å²) in [6, 6.07) is 0. The first-order valence-electron chi connectivity index (χ1n) is 2.82. The molecule has 0 aromatic rings. The van der Waals surface area contributed by atoms with Gasteiger partial charge in [0.1, 0.15) is 5.54 Å². The number of nitrogens with zero attached hydrogens (tertiary/aromatic N) is 3. The minimum Gasteiger partial charge on any atom is -0.265 e. The van der Waals surface area contributed by atoms with Gasteiger partial charge >= 0.3 is 0 Å². The van der Waals surface area contributed by atoms with Gasteiger partial charge in [-0.15, -0.1) is 0 Å². The Balaban J connectivity index is 2.82. The maximum Gasteiger partial charge on any atom is 0.111 e. The number of azo groups is 1. The van der Waals surface area contributed by atoms with Crippen molar-refractivity contribution in [3.05, 3.63) is 12.4 Å². The zero-order valence-corrected chi connectivity index (χ0v) is 5.57. The van der Waals surface area contributed by atoms with Gasteiger partial charge in [-0.3, -0.25) is 4.99 Å². The molecule has 0 fully saturated rings. The molecule has 0 aromatic heterocycles. The van der Waals surface area contributed by atoms with E-state index in [0.29, 0.717) is 0 Å². The van der Waals surface area contributed by atoms with Crippen molar-refractivity contribution in [2.75, 3.05) is 0 Å². The van der Waals surface area contributed by atoms with E-state index >= 15 is 0 Å². The molecule has 0 saturated heterocycles. The van der Waals surface area contributed by atoms with E-state index in [1.807, 2.05) is 13.8 Å². The third-order valence-corrected chi connectivity index (χ3v) is 0.925. The van der Waals surface area contributed by atoms with E-state index < -0.39 is 0 Å². The third kappa shape index (κ3) is 1.76. The van der Waals surface area contributed by atoms with Gasteiger partial charge in [-0.1, -0.05) is 0 Å². The largest absolute Gasteiger partial charge is 0.265 e. The van der Waals surface area contributed by atoms with Gasteiger partial charge in [-0.25, -0.2) is 0 Å². The van der Waals surface area contributed by atoms with Crippen molar-refractivity contribution in [3.63, 3.8) is 0 Å². The summed E-state index contributed by atoms with van der Waals surface area (Å²) in [5, 5.41) is 7.69. The van der Waals surface area contributed by atoms with Crippen molar-refractivity contribution in [2.45, 2.75) is 19.4 Å². The van der Waals surface area contributed by atoms with Gasteiger partial charge in [0, 0.05) is 12.4 Å². The van der Waals surface area contributed by atoms with E-state index in [1.54, 1.807) is 18.6 Å². The molecule has 9 heavy (non-hydrogen) atoms. The Hall–Kier alpha value is -0.990. The quantitative estimate of drug-likeness (QED) is 0.470. The summed E-state index contributed by atoms with van der Waals surface area (Å²) in [4.78, 5) is 3.93. The molecule has 1 aliphatic rings. The van der Waals surface area contributed by atoms with Gasteiger partial charge in [-0.05, 0) is 13.8 Å². The molecular weight excluding hydrogens is 114 g/mol. The van der Waals surface area contributed by atoms with Crippen LogP contribution in [0.25, 0.3) is 0 Å². The zero-order chi connectivity index (χ0) is 6.74. The summed E-state index contributed by atoms with van der Waals surface area (Å²) in [5.74, 6) is 0. The molecule has 1 rings (SSSR count). The average Bonchev–Trinajstić information content (AvgIpc) is 1.92. The van der Waals surface area contributed by atoms with Crippen molar-refractivity contribution in [3.8, 4) is 0 Å². The summed E-state index contributed by atoms with van der Waals surface area (Å²) < 4.78 is 0. The zero-order valence-electron chi connectivity index (χ0n) is 5.57. The van der Waals surface area contributed by atoms with E-state index in [-0.39, 0.29) is 5.54 Å². The minimum absolute atomic E-state index is 0.233. The maximum absolute atomic E-state index is 3.94. The molecule has 0 aromatic carbocycles. The molecule has 3 nitrogen and oxygen atoms in total. The van der Waals surface area contributed by atoms with E-state index in [0.717, 1.165) is 0 Å². The highest BCUT2D eigenvalue weighted by molar-refractivity contribution is 5.69. The molecule has 0 amide bonds. The van der Waals surface area contributed by atoms with Crippen LogP contribution in [0.5, 0.6) is 0 Å². The maximum atomic E-state index is 3.94. The number of hydrogen-bond donors (Lipinski definition) is 0. The van der Waals surface area contributed by atoms with Crippen molar-refractivity contribution in [2.24, 2.45) is 15.2 Å². The molecule has 0 radical (unpaired) electrons. The first-order chi connectivity index (χ1) is 4.21. The smallest absolute Gasteiger partial charge is 0.111 e. The second kappa shape index (κ2) is 2.09. The number of aliphatic imine (C=N–C) groups is 1. The van der Waals surface area contributed by atoms with Gasteiger partial charge < -0.3 is 0 Å². The number of rotatable bonds is 0. The minimum atomic E-state index is -0.233. The molecular formula is C6H9N3. The molecule has 3 heteroatoms. The van der Waals surface area contributed by atoms with Crippen molar-refractivity contribution >= 4 is 6.21 Å². The molecule has 0 spiro atoms. The lowest BCUT2D eigenvalue weighted by Gasteiger charge is -2.07. The lowest BCUT2D eigenvalue weighted by molar-refractivity contribution is 0.676. The van der Waals surface area contributed by atoms with Crippen LogP contribution in [0.1, 0.15) is 13.8 Å². The lowest BCUT2D eigenvalue weighted by Crippen LogP contribution is -2.16. The molecule has 0 saturated carbocycles. The van der Waals surface area contributed by atoms with E-state index in [9.17, 15) is 0 Å². The fourth-order valence-corrected chi connectivity index (χ4v) is 0.502. The van der Waals surface area contributed by atoms with Gasteiger partial charge in [0.25, 0.3) is 0 Å². The third-order valence-electron chi connectivity index (χ3n) is 0.925. The SMILES string of the molecule is CC1(C)C=NC=CN=N1. The van der Waals surface area contributed by atoms with Crippen LogP contribution in [0.4, 0.5) is 0 Å². The normalized spacial score (nSPS) is 22.0. The Morgan fingerprint density at radius 3 is 2.78 bits per heavy atom. The second-order valence-electron chi connectivity index (χ2n) is 2.45. The Morgan fingerprint density at radius 1 is 1.22 bits per heavy atom. The Bertz CT molecular complexity index is 159. The second-order valence-corrected chi connectivity index (χ2v) is 2.45. The number of hydrogen-bond acceptors (Lipinski definition) is 3. The molecule has 48 valence electrons. The first kappa shape index (κ1) is 6.13. The van der Waals surface area contributed by atoms with Crippen LogP contribution in [0, 0.1) is 0 Å². The molecule has 0 atom stereocenters. The fourth-order valence-electron chi connectivity index (χ4n) is 0.502. The molecule has 1 aliphatic heterocycles. The van der Waals surface area contributed by atoms with E-state index in [2.05, 4.69) is 15.2 Å². The Labute approximate surface area is 54.2 Å². The van der Waals surface area contributed by atoms with Crippen LogP contribution in [-0.2, 0) is 0 Å². The van der Waals surface area contributed by atoms with Crippen LogP contribution < -0.4 is 0 Å². The molecule has 1 heterocycles. The Morgan fingerprint density at radius 2 is 2.00 bits per heavy atom. The standard InChI is InChI=1S/C6H9N3/c1-6(2)5-7-3-4-8-9-6/h3-5H,1-2H3. The van der Waals surface area contributed by atoms with Gasteiger partial charge in [-0.2, -0.15) is 10.2 Å². The molecule has 0 aliphatic carbocycles. The van der Waals surface area contributed by atoms with Crippen LogP contribution in [-0.4, -0.2) is 11.8 Å². The highest BCUT2D eigenvalue weighted by Crippen LogP contribution is 2.08.